The predicted molar refractivity (Wildman–Crippen MR) is 96.0 cm³/mol. The number of methoxy groups -OCH3 is 1. The molecule has 0 fully saturated rings. The number of carbonyl (C=O) groups is 1. The summed E-state index contributed by atoms with van der Waals surface area (Å²) in [6.07, 6.45) is 0. The summed E-state index contributed by atoms with van der Waals surface area (Å²) in [5, 5.41) is 12.2. The number of benzene rings is 1. The van der Waals surface area contributed by atoms with E-state index in [1.54, 1.807) is 24.5 Å². The molecular weight excluding hydrogens is 344 g/mol. The summed E-state index contributed by atoms with van der Waals surface area (Å²) in [5.41, 5.74) is 1.88. The first-order valence-corrected chi connectivity index (χ1v) is 8.78. The van der Waals surface area contributed by atoms with Crippen LogP contribution in [0.3, 0.4) is 0 Å². The zero-order chi connectivity index (χ0) is 16.5. The van der Waals surface area contributed by atoms with Gasteiger partial charge in [0.2, 0.25) is 0 Å². The topological polar surface area (TPSA) is 79.9 Å². The Kier molecular flexibility index (Phi) is 3.75. The van der Waals surface area contributed by atoms with E-state index in [9.17, 15) is 4.79 Å². The number of thiazole rings is 1. The maximum atomic E-state index is 12.4. The number of nitrogens with one attached hydrogen (secondary N) is 2. The Bertz CT molecular complexity index is 1000. The monoisotopic (exact) mass is 356 g/mol. The third-order valence-electron chi connectivity index (χ3n) is 3.42. The van der Waals surface area contributed by atoms with Gasteiger partial charge in [0, 0.05) is 0 Å². The number of amides is 1. The van der Waals surface area contributed by atoms with Gasteiger partial charge >= 0.3 is 0 Å². The van der Waals surface area contributed by atoms with Crippen molar-refractivity contribution in [3.8, 4) is 16.3 Å². The van der Waals surface area contributed by atoms with Gasteiger partial charge in [0.1, 0.15) is 11.3 Å². The van der Waals surface area contributed by atoms with Gasteiger partial charge in [-0.1, -0.05) is 23.5 Å². The minimum absolute atomic E-state index is 0.299. The van der Waals surface area contributed by atoms with Gasteiger partial charge in [-0.05, 0) is 29.6 Å². The average Bonchev–Trinajstić information content (AvgIpc) is 3.32. The van der Waals surface area contributed by atoms with E-state index in [2.05, 4.69) is 20.5 Å². The zero-order valence-electron chi connectivity index (χ0n) is 12.6. The molecule has 1 amide bonds. The number of hydrogen-bond acceptors (Lipinski definition) is 6. The summed E-state index contributed by atoms with van der Waals surface area (Å²) < 4.78 is 6.24. The van der Waals surface area contributed by atoms with Crippen molar-refractivity contribution in [1.29, 1.82) is 0 Å². The van der Waals surface area contributed by atoms with E-state index in [4.69, 9.17) is 4.74 Å². The van der Waals surface area contributed by atoms with Crippen molar-refractivity contribution in [3.63, 3.8) is 0 Å². The number of hydrogen-bond donors (Lipinski definition) is 2. The highest BCUT2D eigenvalue weighted by molar-refractivity contribution is 7.22. The standard InChI is InChI=1S/C16H12N4O2S2/c1-22-11-4-2-5-13-14(11)17-16(24-13)18-15(21)10-8-9(19-20-10)12-6-3-7-23-12/h2-8H,1H3,(H,19,20)(H,17,18,21). The lowest BCUT2D eigenvalue weighted by molar-refractivity contribution is 0.102. The number of anilines is 1. The number of nitrogens with zero attached hydrogens (tertiary/aromatic N) is 2. The zero-order valence-corrected chi connectivity index (χ0v) is 14.2. The largest absolute Gasteiger partial charge is 0.494 e. The number of rotatable bonds is 4. The summed E-state index contributed by atoms with van der Waals surface area (Å²) in [7, 11) is 1.60. The number of aromatic nitrogens is 3. The molecule has 0 unspecified atom stereocenters. The molecule has 0 saturated heterocycles. The maximum Gasteiger partial charge on any atom is 0.277 e. The fourth-order valence-electron chi connectivity index (χ4n) is 2.30. The van der Waals surface area contributed by atoms with Gasteiger partial charge < -0.3 is 4.74 Å². The molecule has 2 N–H and O–H groups in total. The predicted octanol–water partition coefficient (Wildman–Crippen LogP) is 4.01. The number of thiophene rings is 1. The van der Waals surface area contributed by atoms with Crippen LogP contribution in [-0.2, 0) is 0 Å². The third kappa shape index (κ3) is 2.66. The van der Waals surface area contributed by atoms with E-state index in [0.717, 1.165) is 20.8 Å². The lowest BCUT2D eigenvalue weighted by atomic mass is 10.3. The van der Waals surface area contributed by atoms with Crippen LogP contribution in [-0.4, -0.2) is 28.2 Å². The van der Waals surface area contributed by atoms with Crippen molar-refractivity contribution in [2.45, 2.75) is 0 Å². The van der Waals surface area contributed by atoms with Gasteiger partial charge in [-0.15, -0.1) is 11.3 Å². The average molecular weight is 356 g/mol. The van der Waals surface area contributed by atoms with Crippen molar-refractivity contribution in [1.82, 2.24) is 15.2 Å². The fraction of sp³-hybridized carbons (Fsp3) is 0.0625. The molecule has 4 rings (SSSR count). The normalized spacial score (nSPS) is 10.9. The van der Waals surface area contributed by atoms with Crippen LogP contribution < -0.4 is 10.1 Å². The van der Waals surface area contributed by atoms with E-state index < -0.39 is 0 Å². The Labute approximate surface area is 145 Å². The van der Waals surface area contributed by atoms with E-state index in [0.29, 0.717) is 16.6 Å². The molecule has 1 aromatic carbocycles. The van der Waals surface area contributed by atoms with E-state index in [1.807, 2.05) is 35.7 Å². The number of ether oxygens (including phenoxy) is 1. The summed E-state index contributed by atoms with van der Waals surface area (Å²) in [6.45, 7) is 0. The Morgan fingerprint density at radius 1 is 1.29 bits per heavy atom. The molecule has 0 spiro atoms. The van der Waals surface area contributed by atoms with E-state index >= 15 is 0 Å². The molecule has 3 aromatic heterocycles. The van der Waals surface area contributed by atoms with Crippen LogP contribution in [0.2, 0.25) is 0 Å². The van der Waals surface area contributed by atoms with Gasteiger partial charge in [0.25, 0.3) is 5.91 Å². The van der Waals surface area contributed by atoms with Crippen molar-refractivity contribution in [2.75, 3.05) is 12.4 Å². The molecule has 8 heteroatoms. The molecule has 6 nitrogen and oxygen atoms in total. The first-order chi connectivity index (χ1) is 11.7. The lowest BCUT2D eigenvalue weighted by Gasteiger charge is -1.98. The number of H-pyrrole nitrogens is 1. The molecule has 0 bridgehead atoms. The number of fused-ring (bicyclic) bond motifs is 1. The van der Waals surface area contributed by atoms with Gasteiger partial charge in [-0.3, -0.25) is 15.2 Å². The van der Waals surface area contributed by atoms with Gasteiger partial charge in [-0.2, -0.15) is 5.10 Å². The second-order valence-electron chi connectivity index (χ2n) is 4.92. The Hall–Kier alpha value is -2.71. The molecule has 3 heterocycles. The van der Waals surface area contributed by atoms with Crippen LogP contribution in [0.4, 0.5) is 5.13 Å². The Morgan fingerprint density at radius 3 is 3.00 bits per heavy atom. The quantitative estimate of drug-likeness (QED) is 0.579. The van der Waals surface area contributed by atoms with Gasteiger partial charge in [-0.25, -0.2) is 4.98 Å². The summed E-state index contributed by atoms with van der Waals surface area (Å²) >= 11 is 2.98. The van der Waals surface area contributed by atoms with Gasteiger partial charge in [0.05, 0.1) is 22.4 Å². The minimum atomic E-state index is -0.299. The van der Waals surface area contributed by atoms with Crippen LogP contribution in [0.1, 0.15) is 10.5 Å². The minimum Gasteiger partial charge on any atom is -0.494 e. The molecule has 0 saturated carbocycles. The smallest absolute Gasteiger partial charge is 0.277 e. The molecule has 0 aliphatic heterocycles. The summed E-state index contributed by atoms with van der Waals surface area (Å²) in [4.78, 5) is 17.8. The van der Waals surface area contributed by atoms with Crippen molar-refractivity contribution in [3.05, 3.63) is 47.5 Å². The van der Waals surface area contributed by atoms with Crippen molar-refractivity contribution < 1.29 is 9.53 Å². The molecule has 24 heavy (non-hydrogen) atoms. The van der Waals surface area contributed by atoms with Crippen LogP contribution in [0.15, 0.2) is 41.8 Å². The SMILES string of the molecule is COc1cccc2sc(NC(=O)c3cc(-c4cccs4)[nH]n3)nc12. The van der Waals surface area contributed by atoms with Crippen LogP contribution in [0.5, 0.6) is 5.75 Å². The maximum absolute atomic E-state index is 12.4. The summed E-state index contributed by atoms with van der Waals surface area (Å²) in [6, 6.07) is 11.3. The molecule has 4 aromatic rings. The fourth-order valence-corrected chi connectivity index (χ4v) is 3.87. The Balaban J connectivity index is 1.58. The highest BCUT2D eigenvalue weighted by Crippen LogP contribution is 2.32. The Morgan fingerprint density at radius 2 is 2.21 bits per heavy atom. The highest BCUT2D eigenvalue weighted by Gasteiger charge is 2.15. The van der Waals surface area contributed by atoms with E-state index in [1.165, 1.54) is 11.3 Å². The van der Waals surface area contributed by atoms with E-state index in [-0.39, 0.29) is 5.91 Å². The molecular formula is C16H12N4O2S2. The molecule has 0 aliphatic rings. The summed E-state index contributed by atoms with van der Waals surface area (Å²) in [5.74, 6) is 0.385. The van der Waals surface area contributed by atoms with Crippen LogP contribution in [0.25, 0.3) is 20.8 Å². The second kappa shape index (κ2) is 6.06. The second-order valence-corrected chi connectivity index (χ2v) is 6.90. The first kappa shape index (κ1) is 14.9. The molecule has 0 atom stereocenters. The van der Waals surface area contributed by atoms with Crippen LogP contribution >= 0.6 is 22.7 Å². The highest BCUT2D eigenvalue weighted by atomic mass is 32.1. The molecule has 0 aliphatic carbocycles. The number of para-hydroxylation sites is 1. The molecule has 0 radical (unpaired) electrons. The van der Waals surface area contributed by atoms with Gasteiger partial charge in [0.15, 0.2) is 10.8 Å². The number of aromatic amines is 1. The first-order valence-electron chi connectivity index (χ1n) is 7.09. The van der Waals surface area contributed by atoms with Crippen molar-refractivity contribution >= 4 is 43.9 Å². The lowest BCUT2D eigenvalue weighted by Crippen LogP contribution is -2.12. The third-order valence-corrected chi connectivity index (χ3v) is 5.26. The number of carbonyl (C=O) groups excluding carboxylic acids is 1. The van der Waals surface area contributed by atoms with Crippen LogP contribution in [0, 0.1) is 0 Å². The van der Waals surface area contributed by atoms with Crippen molar-refractivity contribution in [2.24, 2.45) is 0 Å². The molecule has 120 valence electrons.